The second-order valence-corrected chi connectivity index (χ2v) is 5.05. The standard InChI is InChI=1S/C15H34N2O/c1-6-15(7-2)17(12-13-18-5)14(4)10-9-11-16-8-3/h14-16H,6-13H2,1-5H3. The molecule has 0 spiro atoms. The van der Waals surface area contributed by atoms with Gasteiger partial charge in [0.15, 0.2) is 0 Å². The summed E-state index contributed by atoms with van der Waals surface area (Å²) in [6.45, 7) is 13.2. The van der Waals surface area contributed by atoms with Crippen molar-refractivity contribution in [1.29, 1.82) is 0 Å². The number of nitrogens with one attached hydrogen (secondary N) is 1. The van der Waals surface area contributed by atoms with Gasteiger partial charge in [-0.05, 0) is 45.7 Å². The normalized spacial score (nSPS) is 13.5. The largest absolute Gasteiger partial charge is 0.383 e. The molecular weight excluding hydrogens is 224 g/mol. The maximum absolute atomic E-state index is 5.25. The predicted molar refractivity (Wildman–Crippen MR) is 80.2 cm³/mol. The Labute approximate surface area is 114 Å². The molecule has 0 saturated heterocycles. The van der Waals surface area contributed by atoms with Gasteiger partial charge in [-0.25, -0.2) is 0 Å². The fourth-order valence-corrected chi connectivity index (χ4v) is 2.58. The van der Waals surface area contributed by atoms with E-state index in [-0.39, 0.29) is 0 Å². The Morgan fingerprint density at radius 2 is 1.83 bits per heavy atom. The summed E-state index contributed by atoms with van der Waals surface area (Å²) in [5, 5.41) is 3.40. The summed E-state index contributed by atoms with van der Waals surface area (Å²) in [7, 11) is 1.79. The Kier molecular flexibility index (Phi) is 11.9. The van der Waals surface area contributed by atoms with E-state index < -0.39 is 0 Å². The summed E-state index contributed by atoms with van der Waals surface area (Å²) in [5.74, 6) is 0. The highest BCUT2D eigenvalue weighted by Crippen LogP contribution is 2.15. The summed E-state index contributed by atoms with van der Waals surface area (Å²) in [4.78, 5) is 2.63. The number of methoxy groups -OCH3 is 1. The average molecular weight is 258 g/mol. The van der Waals surface area contributed by atoms with Crippen LogP contribution in [0, 0.1) is 0 Å². The molecule has 0 rings (SSSR count). The van der Waals surface area contributed by atoms with E-state index in [2.05, 4.69) is 37.9 Å². The van der Waals surface area contributed by atoms with Gasteiger partial charge in [0.1, 0.15) is 0 Å². The molecule has 0 aromatic carbocycles. The van der Waals surface area contributed by atoms with Crippen LogP contribution in [0.4, 0.5) is 0 Å². The van der Waals surface area contributed by atoms with E-state index in [0.29, 0.717) is 12.1 Å². The van der Waals surface area contributed by atoms with Crippen LogP contribution >= 0.6 is 0 Å². The van der Waals surface area contributed by atoms with E-state index in [0.717, 1.165) is 26.2 Å². The number of hydrogen-bond donors (Lipinski definition) is 1. The Hall–Kier alpha value is -0.120. The van der Waals surface area contributed by atoms with E-state index in [1.54, 1.807) is 7.11 Å². The zero-order chi connectivity index (χ0) is 13.8. The summed E-state index contributed by atoms with van der Waals surface area (Å²) in [6.07, 6.45) is 5.00. The van der Waals surface area contributed by atoms with Crippen LogP contribution in [-0.2, 0) is 4.74 Å². The van der Waals surface area contributed by atoms with Crippen LogP contribution in [0.3, 0.4) is 0 Å². The summed E-state index contributed by atoms with van der Waals surface area (Å²) in [6, 6.07) is 1.36. The SMILES string of the molecule is CCNCCCC(C)N(CCOC)C(CC)CC. The van der Waals surface area contributed by atoms with Crippen molar-refractivity contribution in [3.63, 3.8) is 0 Å². The van der Waals surface area contributed by atoms with Crippen molar-refractivity contribution in [2.75, 3.05) is 33.4 Å². The first-order valence-electron chi connectivity index (χ1n) is 7.66. The van der Waals surface area contributed by atoms with Gasteiger partial charge in [-0.15, -0.1) is 0 Å². The maximum atomic E-state index is 5.25. The maximum Gasteiger partial charge on any atom is 0.0589 e. The van der Waals surface area contributed by atoms with Crippen LogP contribution in [0.1, 0.15) is 53.4 Å². The molecule has 3 heteroatoms. The fraction of sp³-hybridized carbons (Fsp3) is 1.00. The molecule has 1 atom stereocenters. The molecular formula is C15H34N2O. The molecule has 0 saturated carbocycles. The van der Waals surface area contributed by atoms with Gasteiger partial charge in [-0.1, -0.05) is 20.8 Å². The molecule has 0 amide bonds. The fourth-order valence-electron chi connectivity index (χ4n) is 2.58. The van der Waals surface area contributed by atoms with Gasteiger partial charge in [0, 0.05) is 25.7 Å². The molecule has 0 fully saturated rings. The van der Waals surface area contributed by atoms with Crippen molar-refractivity contribution < 1.29 is 4.74 Å². The highest BCUT2D eigenvalue weighted by atomic mass is 16.5. The van der Waals surface area contributed by atoms with E-state index in [1.165, 1.54) is 25.7 Å². The molecule has 1 unspecified atom stereocenters. The molecule has 0 aliphatic heterocycles. The minimum absolute atomic E-state index is 0.656. The second-order valence-electron chi connectivity index (χ2n) is 5.05. The van der Waals surface area contributed by atoms with Crippen LogP contribution < -0.4 is 5.32 Å². The number of ether oxygens (including phenoxy) is 1. The second kappa shape index (κ2) is 11.9. The van der Waals surface area contributed by atoms with Gasteiger partial charge in [0.25, 0.3) is 0 Å². The summed E-state index contributed by atoms with van der Waals surface area (Å²) >= 11 is 0. The molecule has 0 aliphatic rings. The lowest BCUT2D eigenvalue weighted by Crippen LogP contribution is -2.43. The first-order valence-corrected chi connectivity index (χ1v) is 7.66. The highest BCUT2D eigenvalue weighted by Gasteiger charge is 2.20. The molecule has 18 heavy (non-hydrogen) atoms. The third-order valence-electron chi connectivity index (χ3n) is 3.76. The van der Waals surface area contributed by atoms with Crippen molar-refractivity contribution in [2.24, 2.45) is 0 Å². The van der Waals surface area contributed by atoms with Crippen molar-refractivity contribution >= 4 is 0 Å². The zero-order valence-corrected chi connectivity index (χ0v) is 13.2. The molecule has 3 nitrogen and oxygen atoms in total. The van der Waals surface area contributed by atoms with Crippen LogP contribution in [0.15, 0.2) is 0 Å². The Balaban J connectivity index is 4.16. The Morgan fingerprint density at radius 1 is 1.17 bits per heavy atom. The van der Waals surface area contributed by atoms with E-state index in [9.17, 15) is 0 Å². The smallest absolute Gasteiger partial charge is 0.0589 e. The molecule has 0 aromatic heterocycles. The van der Waals surface area contributed by atoms with Gasteiger partial charge in [0.2, 0.25) is 0 Å². The van der Waals surface area contributed by atoms with Gasteiger partial charge in [-0.3, -0.25) is 4.90 Å². The Bertz CT molecular complexity index is 172. The van der Waals surface area contributed by atoms with Gasteiger partial charge >= 0.3 is 0 Å². The first kappa shape index (κ1) is 17.9. The Morgan fingerprint density at radius 3 is 2.33 bits per heavy atom. The van der Waals surface area contributed by atoms with Crippen molar-refractivity contribution in [1.82, 2.24) is 10.2 Å². The van der Waals surface area contributed by atoms with E-state index in [1.807, 2.05) is 0 Å². The molecule has 110 valence electrons. The molecule has 0 bridgehead atoms. The molecule has 0 radical (unpaired) electrons. The number of rotatable bonds is 12. The third kappa shape index (κ3) is 7.34. The number of nitrogens with zero attached hydrogens (tertiary/aromatic N) is 1. The average Bonchev–Trinajstić information content (AvgIpc) is 2.39. The van der Waals surface area contributed by atoms with Crippen LogP contribution in [-0.4, -0.2) is 50.3 Å². The lowest BCUT2D eigenvalue weighted by atomic mass is 10.0. The number of hydrogen-bond acceptors (Lipinski definition) is 3. The molecule has 0 heterocycles. The third-order valence-corrected chi connectivity index (χ3v) is 3.76. The summed E-state index contributed by atoms with van der Waals surface area (Å²) < 4.78 is 5.25. The van der Waals surface area contributed by atoms with Crippen LogP contribution in [0.25, 0.3) is 0 Å². The minimum Gasteiger partial charge on any atom is -0.383 e. The molecule has 0 aliphatic carbocycles. The predicted octanol–water partition coefficient (Wildman–Crippen LogP) is 2.90. The van der Waals surface area contributed by atoms with Gasteiger partial charge < -0.3 is 10.1 Å². The lowest BCUT2D eigenvalue weighted by molar-refractivity contribution is 0.0815. The highest BCUT2D eigenvalue weighted by molar-refractivity contribution is 4.75. The zero-order valence-electron chi connectivity index (χ0n) is 13.2. The first-order chi connectivity index (χ1) is 8.71. The molecule has 1 N–H and O–H groups in total. The minimum atomic E-state index is 0.656. The van der Waals surface area contributed by atoms with Crippen molar-refractivity contribution in [3.8, 4) is 0 Å². The van der Waals surface area contributed by atoms with E-state index >= 15 is 0 Å². The van der Waals surface area contributed by atoms with Gasteiger partial charge in [0.05, 0.1) is 6.61 Å². The van der Waals surface area contributed by atoms with E-state index in [4.69, 9.17) is 4.74 Å². The van der Waals surface area contributed by atoms with Crippen LogP contribution in [0.5, 0.6) is 0 Å². The topological polar surface area (TPSA) is 24.5 Å². The quantitative estimate of drug-likeness (QED) is 0.545. The van der Waals surface area contributed by atoms with Crippen molar-refractivity contribution in [2.45, 2.75) is 65.5 Å². The van der Waals surface area contributed by atoms with Crippen LogP contribution in [0.2, 0.25) is 0 Å². The lowest BCUT2D eigenvalue weighted by Gasteiger charge is -2.35. The summed E-state index contributed by atoms with van der Waals surface area (Å²) in [5.41, 5.74) is 0. The molecule has 0 aromatic rings. The monoisotopic (exact) mass is 258 g/mol. The van der Waals surface area contributed by atoms with Crippen molar-refractivity contribution in [3.05, 3.63) is 0 Å². The van der Waals surface area contributed by atoms with Gasteiger partial charge in [-0.2, -0.15) is 0 Å².